The lowest BCUT2D eigenvalue weighted by Crippen LogP contribution is -1.99. The quantitative estimate of drug-likeness (QED) is 0.658. The Morgan fingerprint density at radius 1 is 1.55 bits per heavy atom. The van der Waals surface area contributed by atoms with Crippen LogP contribution in [0.15, 0.2) is 23.4 Å². The molecule has 0 saturated heterocycles. The fourth-order valence-electron chi connectivity index (χ4n) is 0.668. The molecule has 0 unspecified atom stereocenters. The predicted molar refractivity (Wildman–Crippen MR) is 39.0 cm³/mol. The van der Waals surface area contributed by atoms with Crippen molar-refractivity contribution in [2.75, 3.05) is 6.26 Å². The van der Waals surface area contributed by atoms with Gasteiger partial charge in [-0.05, 0) is 12.1 Å². The number of aromatic nitrogens is 1. The molecule has 1 heterocycles. The van der Waals surface area contributed by atoms with Gasteiger partial charge in [-0.25, -0.2) is 13.4 Å². The van der Waals surface area contributed by atoms with Crippen LogP contribution in [-0.2, 0) is 9.84 Å². The first-order chi connectivity index (χ1) is 5.02. The van der Waals surface area contributed by atoms with Crippen LogP contribution in [0.1, 0.15) is 0 Å². The van der Waals surface area contributed by atoms with Gasteiger partial charge in [0.2, 0.25) is 0 Å². The molecule has 0 spiro atoms. The number of hydrogen-bond donors (Lipinski definition) is 1. The highest BCUT2D eigenvalue weighted by Gasteiger charge is 2.12. The Balaban J connectivity index is 3.37. The number of rotatable bonds is 1. The number of pyridine rings is 1. The van der Waals surface area contributed by atoms with Crippen LogP contribution in [0.3, 0.4) is 0 Å². The molecule has 1 N–H and O–H groups in total. The standard InChI is InChI=1S/C6H7NO3S/c1-11(9,10)6-5(8)3-2-4-7-6/h2-4,8H,1H3. The Morgan fingerprint density at radius 2 is 2.18 bits per heavy atom. The topological polar surface area (TPSA) is 67.3 Å². The molecule has 11 heavy (non-hydrogen) atoms. The normalized spacial score (nSPS) is 11.4. The van der Waals surface area contributed by atoms with E-state index in [1.807, 2.05) is 0 Å². The Labute approximate surface area is 64.4 Å². The second-order valence-electron chi connectivity index (χ2n) is 2.10. The molecule has 0 aliphatic rings. The summed E-state index contributed by atoms with van der Waals surface area (Å²) in [6.07, 6.45) is 2.31. The molecule has 0 bridgehead atoms. The maximum absolute atomic E-state index is 10.8. The molecular weight excluding hydrogens is 166 g/mol. The molecule has 0 radical (unpaired) electrons. The van der Waals surface area contributed by atoms with E-state index in [0.717, 1.165) is 6.26 Å². The zero-order valence-corrected chi connectivity index (χ0v) is 6.67. The lowest BCUT2D eigenvalue weighted by Gasteiger charge is -1.97. The molecule has 1 aromatic rings. The van der Waals surface area contributed by atoms with Gasteiger partial charge in [0.05, 0.1) is 0 Å². The maximum atomic E-state index is 10.8. The zero-order valence-electron chi connectivity index (χ0n) is 5.85. The van der Waals surface area contributed by atoms with Gasteiger partial charge in [0.15, 0.2) is 20.6 Å². The third-order valence-corrected chi connectivity index (χ3v) is 2.12. The minimum Gasteiger partial charge on any atom is -0.505 e. The van der Waals surface area contributed by atoms with Gasteiger partial charge in [-0.2, -0.15) is 0 Å². The smallest absolute Gasteiger partial charge is 0.196 e. The van der Waals surface area contributed by atoms with Crippen molar-refractivity contribution in [3.63, 3.8) is 0 Å². The zero-order chi connectivity index (χ0) is 8.48. The summed E-state index contributed by atoms with van der Waals surface area (Å²) >= 11 is 0. The van der Waals surface area contributed by atoms with Crippen molar-refractivity contribution >= 4 is 9.84 Å². The Hall–Kier alpha value is -1.10. The number of hydrogen-bond acceptors (Lipinski definition) is 4. The molecule has 1 aromatic heterocycles. The van der Waals surface area contributed by atoms with Gasteiger partial charge in [-0.15, -0.1) is 0 Å². The summed E-state index contributed by atoms with van der Waals surface area (Å²) in [7, 11) is -3.39. The van der Waals surface area contributed by atoms with Gasteiger partial charge in [-0.3, -0.25) is 0 Å². The summed E-state index contributed by atoms with van der Waals surface area (Å²) in [6, 6.07) is 2.74. The van der Waals surface area contributed by atoms with Gasteiger partial charge in [0, 0.05) is 12.5 Å². The maximum Gasteiger partial charge on any atom is 0.196 e. The number of sulfone groups is 1. The summed E-state index contributed by atoms with van der Waals surface area (Å²) in [5.41, 5.74) is 0. The van der Waals surface area contributed by atoms with Crippen molar-refractivity contribution in [2.45, 2.75) is 5.03 Å². The molecule has 0 atom stereocenters. The van der Waals surface area contributed by atoms with E-state index in [1.54, 1.807) is 0 Å². The molecular formula is C6H7NO3S. The van der Waals surface area contributed by atoms with Crippen molar-refractivity contribution in [3.8, 4) is 5.75 Å². The van der Waals surface area contributed by atoms with Crippen LogP contribution in [-0.4, -0.2) is 24.8 Å². The van der Waals surface area contributed by atoms with E-state index in [9.17, 15) is 8.42 Å². The van der Waals surface area contributed by atoms with Crippen molar-refractivity contribution in [3.05, 3.63) is 18.3 Å². The van der Waals surface area contributed by atoms with E-state index in [0.29, 0.717) is 0 Å². The molecule has 0 amide bonds. The summed E-state index contributed by atoms with van der Waals surface area (Å²) in [5.74, 6) is -0.310. The van der Waals surface area contributed by atoms with Crippen LogP contribution in [0.25, 0.3) is 0 Å². The SMILES string of the molecule is CS(=O)(=O)c1ncccc1O. The molecule has 4 nitrogen and oxygen atoms in total. The van der Waals surface area contributed by atoms with E-state index in [4.69, 9.17) is 5.11 Å². The van der Waals surface area contributed by atoms with Gasteiger partial charge < -0.3 is 5.11 Å². The fourth-order valence-corrected chi connectivity index (χ4v) is 1.37. The highest BCUT2D eigenvalue weighted by Crippen LogP contribution is 2.17. The molecule has 60 valence electrons. The molecule has 0 aromatic carbocycles. The van der Waals surface area contributed by atoms with Gasteiger partial charge in [0.1, 0.15) is 0 Å². The van der Waals surface area contributed by atoms with Crippen molar-refractivity contribution in [1.82, 2.24) is 4.98 Å². The van der Waals surface area contributed by atoms with Gasteiger partial charge in [0.25, 0.3) is 0 Å². The number of aromatic hydroxyl groups is 1. The van der Waals surface area contributed by atoms with Crippen LogP contribution in [0.5, 0.6) is 5.75 Å². The highest BCUT2D eigenvalue weighted by atomic mass is 32.2. The van der Waals surface area contributed by atoms with Crippen molar-refractivity contribution in [1.29, 1.82) is 0 Å². The third-order valence-electron chi connectivity index (χ3n) is 1.10. The summed E-state index contributed by atoms with van der Waals surface area (Å²) in [6.45, 7) is 0. The predicted octanol–water partition coefficient (Wildman–Crippen LogP) is 0.191. The van der Waals surface area contributed by atoms with E-state index < -0.39 is 9.84 Å². The van der Waals surface area contributed by atoms with Crippen molar-refractivity contribution in [2.24, 2.45) is 0 Å². The Morgan fingerprint density at radius 3 is 2.55 bits per heavy atom. The second kappa shape index (κ2) is 2.50. The summed E-state index contributed by atoms with van der Waals surface area (Å²) in [4.78, 5) is 3.51. The Bertz CT molecular complexity index is 358. The highest BCUT2D eigenvalue weighted by molar-refractivity contribution is 7.90. The first-order valence-electron chi connectivity index (χ1n) is 2.86. The average Bonchev–Trinajstić information content (AvgIpc) is 1.86. The molecule has 5 heteroatoms. The monoisotopic (exact) mass is 173 g/mol. The molecule has 0 aliphatic carbocycles. The third kappa shape index (κ3) is 1.68. The van der Waals surface area contributed by atoms with E-state index >= 15 is 0 Å². The van der Waals surface area contributed by atoms with Crippen LogP contribution in [0.2, 0.25) is 0 Å². The van der Waals surface area contributed by atoms with E-state index in [-0.39, 0.29) is 10.8 Å². The first-order valence-corrected chi connectivity index (χ1v) is 4.75. The minimum atomic E-state index is -3.39. The number of nitrogens with zero attached hydrogens (tertiary/aromatic N) is 1. The van der Waals surface area contributed by atoms with Crippen LogP contribution in [0.4, 0.5) is 0 Å². The first kappa shape index (κ1) is 8.00. The fraction of sp³-hybridized carbons (Fsp3) is 0.167. The Kier molecular flexibility index (Phi) is 1.82. The largest absolute Gasteiger partial charge is 0.505 e. The lowest BCUT2D eigenvalue weighted by molar-refractivity contribution is 0.452. The second-order valence-corrected chi connectivity index (χ2v) is 4.03. The lowest BCUT2D eigenvalue weighted by atomic mass is 10.5. The van der Waals surface area contributed by atoms with Crippen LogP contribution in [0, 0.1) is 0 Å². The molecule has 0 aliphatic heterocycles. The van der Waals surface area contributed by atoms with Gasteiger partial charge >= 0.3 is 0 Å². The summed E-state index contributed by atoms with van der Waals surface area (Å²) in [5, 5.41) is 8.73. The molecule has 0 saturated carbocycles. The summed E-state index contributed by atoms with van der Waals surface area (Å²) < 4.78 is 21.7. The molecule has 0 fully saturated rings. The minimum absolute atomic E-state index is 0.278. The van der Waals surface area contributed by atoms with E-state index in [1.165, 1.54) is 18.3 Å². The van der Waals surface area contributed by atoms with Crippen LogP contribution < -0.4 is 0 Å². The van der Waals surface area contributed by atoms with E-state index in [2.05, 4.69) is 4.98 Å². The molecule has 1 rings (SSSR count). The van der Waals surface area contributed by atoms with Crippen molar-refractivity contribution < 1.29 is 13.5 Å². The van der Waals surface area contributed by atoms with Gasteiger partial charge in [-0.1, -0.05) is 0 Å². The van der Waals surface area contributed by atoms with Crippen LogP contribution >= 0.6 is 0 Å². The average molecular weight is 173 g/mol.